The molecule has 0 bridgehead atoms. The van der Waals surface area contributed by atoms with Gasteiger partial charge in [0.15, 0.2) is 0 Å². The van der Waals surface area contributed by atoms with E-state index in [1.165, 1.54) is 16.0 Å². The summed E-state index contributed by atoms with van der Waals surface area (Å²) in [5.41, 5.74) is 2.93. The van der Waals surface area contributed by atoms with E-state index in [0.29, 0.717) is 15.8 Å². The molecule has 3 rings (SSSR count). The van der Waals surface area contributed by atoms with Gasteiger partial charge in [-0.05, 0) is 31.4 Å². The number of aryl methyl sites for hydroxylation is 1. The van der Waals surface area contributed by atoms with Crippen LogP contribution in [0.4, 0.5) is 0 Å². The zero-order valence-electron chi connectivity index (χ0n) is 13.0. The van der Waals surface area contributed by atoms with Crippen LogP contribution in [0.15, 0.2) is 24.3 Å². The van der Waals surface area contributed by atoms with E-state index in [-0.39, 0.29) is 5.91 Å². The number of aromatic nitrogens is 2. The average Bonchev–Trinajstić information content (AvgIpc) is 2.96. The average molecular weight is 333 g/mol. The Morgan fingerprint density at radius 2 is 1.95 bits per heavy atom. The van der Waals surface area contributed by atoms with E-state index in [1.54, 1.807) is 0 Å². The van der Waals surface area contributed by atoms with Gasteiger partial charge in [0, 0.05) is 15.8 Å². The molecule has 0 aliphatic rings. The minimum absolute atomic E-state index is 0.154. The maximum absolute atomic E-state index is 12.9. The molecule has 3 aromatic rings. The third kappa shape index (κ3) is 2.27. The summed E-state index contributed by atoms with van der Waals surface area (Å²) in [5.74, 6) is 0.179. The lowest BCUT2D eigenvalue weighted by Crippen LogP contribution is -2.14. The predicted octanol–water partition coefficient (Wildman–Crippen LogP) is 5.18. The Morgan fingerprint density at radius 3 is 2.55 bits per heavy atom. The number of thiophene rings is 1. The molecule has 0 N–H and O–H groups in total. The molecule has 0 aliphatic heterocycles. The number of carbonyl (C=O) groups is 1. The van der Waals surface area contributed by atoms with Gasteiger partial charge in [-0.3, -0.25) is 4.79 Å². The molecule has 0 saturated heterocycles. The number of fused-ring (bicyclic) bond motifs is 1. The molecule has 1 aromatic carbocycles. The van der Waals surface area contributed by atoms with Gasteiger partial charge >= 0.3 is 0 Å². The van der Waals surface area contributed by atoms with Crippen molar-refractivity contribution in [3.05, 3.63) is 51.1 Å². The standard InChI is InChI=1S/C17H17ClN2OS/c1-9(2)14-10(3)19-20(11(14)4)17(21)16-15(18)12-7-5-6-8-13(12)22-16/h5-9H,1-4H3. The van der Waals surface area contributed by atoms with Gasteiger partial charge in [-0.1, -0.05) is 43.6 Å². The second kappa shape index (κ2) is 5.52. The molecule has 0 amide bonds. The Hall–Kier alpha value is -1.65. The van der Waals surface area contributed by atoms with Crippen molar-refractivity contribution in [2.24, 2.45) is 0 Å². The molecule has 0 aliphatic carbocycles. The highest BCUT2D eigenvalue weighted by Gasteiger charge is 2.23. The van der Waals surface area contributed by atoms with Gasteiger partial charge in [-0.15, -0.1) is 11.3 Å². The molecule has 114 valence electrons. The van der Waals surface area contributed by atoms with E-state index in [9.17, 15) is 4.79 Å². The maximum Gasteiger partial charge on any atom is 0.290 e. The summed E-state index contributed by atoms with van der Waals surface area (Å²) >= 11 is 7.83. The van der Waals surface area contributed by atoms with Crippen LogP contribution in [-0.2, 0) is 0 Å². The SMILES string of the molecule is Cc1nn(C(=O)c2sc3ccccc3c2Cl)c(C)c1C(C)C. The normalized spacial score (nSPS) is 11.5. The molecule has 3 nitrogen and oxygen atoms in total. The zero-order valence-corrected chi connectivity index (χ0v) is 14.5. The van der Waals surface area contributed by atoms with E-state index in [0.717, 1.165) is 27.0 Å². The molecule has 0 atom stereocenters. The molecule has 0 radical (unpaired) electrons. The monoisotopic (exact) mass is 332 g/mol. The van der Waals surface area contributed by atoms with Crippen LogP contribution in [0.3, 0.4) is 0 Å². The van der Waals surface area contributed by atoms with E-state index in [4.69, 9.17) is 11.6 Å². The van der Waals surface area contributed by atoms with E-state index in [2.05, 4.69) is 18.9 Å². The minimum Gasteiger partial charge on any atom is -0.266 e. The van der Waals surface area contributed by atoms with Gasteiger partial charge in [0.2, 0.25) is 0 Å². The third-order valence-corrected chi connectivity index (χ3v) is 5.51. The summed E-state index contributed by atoms with van der Waals surface area (Å²) < 4.78 is 2.50. The van der Waals surface area contributed by atoms with Gasteiger partial charge in [-0.25, -0.2) is 0 Å². The van der Waals surface area contributed by atoms with Crippen LogP contribution in [-0.4, -0.2) is 15.7 Å². The molecule has 0 unspecified atom stereocenters. The van der Waals surface area contributed by atoms with Crippen molar-refractivity contribution in [2.75, 3.05) is 0 Å². The van der Waals surface area contributed by atoms with Gasteiger partial charge in [0.25, 0.3) is 5.91 Å². The van der Waals surface area contributed by atoms with Crippen molar-refractivity contribution in [2.45, 2.75) is 33.6 Å². The van der Waals surface area contributed by atoms with Gasteiger partial charge in [0.1, 0.15) is 4.88 Å². The third-order valence-electron chi connectivity index (χ3n) is 3.85. The van der Waals surface area contributed by atoms with Crippen molar-refractivity contribution in [3.8, 4) is 0 Å². The second-order valence-corrected chi connectivity index (χ2v) is 7.13. The van der Waals surface area contributed by atoms with Crippen molar-refractivity contribution < 1.29 is 4.79 Å². The summed E-state index contributed by atoms with van der Waals surface area (Å²) in [6, 6.07) is 7.79. The number of carbonyl (C=O) groups excluding carboxylic acids is 1. The topological polar surface area (TPSA) is 34.9 Å². The number of hydrogen-bond acceptors (Lipinski definition) is 3. The van der Waals surface area contributed by atoms with Crippen LogP contribution >= 0.6 is 22.9 Å². The van der Waals surface area contributed by atoms with E-state index >= 15 is 0 Å². The summed E-state index contributed by atoms with van der Waals surface area (Å²) in [4.78, 5) is 13.4. The lowest BCUT2D eigenvalue weighted by atomic mass is 10.0. The van der Waals surface area contributed by atoms with Crippen molar-refractivity contribution in [1.82, 2.24) is 9.78 Å². The fourth-order valence-electron chi connectivity index (χ4n) is 2.94. The van der Waals surface area contributed by atoms with Crippen molar-refractivity contribution in [1.29, 1.82) is 0 Å². The Bertz CT molecular complexity index is 876. The number of rotatable bonds is 2. The van der Waals surface area contributed by atoms with Crippen molar-refractivity contribution >= 4 is 38.9 Å². The first-order chi connectivity index (χ1) is 10.4. The molecule has 0 fully saturated rings. The lowest BCUT2D eigenvalue weighted by Gasteiger charge is -2.06. The van der Waals surface area contributed by atoms with E-state index < -0.39 is 0 Å². The molecule has 0 saturated carbocycles. The molecule has 2 aromatic heterocycles. The van der Waals surface area contributed by atoms with Crippen LogP contribution in [0.2, 0.25) is 5.02 Å². The quantitative estimate of drug-likeness (QED) is 0.648. The number of hydrogen-bond donors (Lipinski definition) is 0. The highest BCUT2D eigenvalue weighted by Crippen LogP contribution is 2.36. The molecular formula is C17H17ClN2OS. The predicted molar refractivity (Wildman–Crippen MR) is 92.4 cm³/mol. The van der Waals surface area contributed by atoms with Crippen LogP contribution in [0, 0.1) is 13.8 Å². The smallest absolute Gasteiger partial charge is 0.266 e. The molecule has 0 spiro atoms. The minimum atomic E-state index is -0.154. The number of benzene rings is 1. The number of halogens is 1. The van der Waals surface area contributed by atoms with Crippen LogP contribution in [0.25, 0.3) is 10.1 Å². The summed E-state index contributed by atoms with van der Waals surface area (Å²) in [6.45, 7) is 8.10. The van der Waals surface area contributed by atoms with Crippen LogP contribution in [0.1, 0.15) is 46.4 Å². The van der Waals surface area contributed by atoms with Crippen LogP contribution in [0.5, 0.6) is 0 Å². The zero-order chi connectivity index (χ0) is 16.0. The summed E-state index contributed by atoms with van der Waals surface area (Å²) in [5, 5.41) is 5.87. The Balaban J connectivity index is 2.14. The number of nitrogens with zero attached hydrogens (tertiary/aromatic N) is 2. The molecule has 5 heteroatoms. The highest BCUT2D eigenvalue weighted by atomic mass is 35.5. The lowest BCUT2D eigenvalue weighted by molar-refractivity contribution is 0.0946. The fraction of sp³-hybridized carbons (Fsp3) is 0.294. The molecule has 2 heterocycles. The second-order valence-electron chi connectivity index (χ2n) is 5.70. The Labute approximate surface area is 138 Å². The Morgan fingerprint density at radius 1 is 1.27 bits per heavy atom. The fourth-order valence-corrected chi connectivity index (χ4v) is 4.37. The van der Waals surface area contributed by atoms with E-state index in [1.807, 2.05) is 38.1 Å². The Kier molecular flexibility index (Phi) is 3.83. The maximum atomic E-state index is 12.9. The highest BCUT2D eigenvalue weighted by molar-refractivity contribution is 7.21. The molecular weight excluding hydrogens is 316 g/mol. The summed E-state index contributed by atoms with van der Waals surface area (Å²) in [6.07, 6.45) is 0. The van der Waals surface area contributed by atoms with Crippen molar-refractivity contribution in [3.63, 3.8) is 0 Å². The van der Waals surface area contributed by atoms with Crippen LogP contribution < -0.4 is 0 Å². The largest absolute Gasteiger partial charge is 0.290 e. The molecule has 22 heavy (non-hydrogen) atoms. The first kappa shape index (κ1) is 15.3. The van der Waals surface area contributed by atoms with Gasteiger partial charge in [0.05, 0.1) is 10.7 Å². The van der Waals surface area contributed by atoms with Gasteiger partial charge in [-0.2, -0.15) is 9.78 Å². The first-order valence-corrected chi connectivity index (χ1v) is 8.39. The summed E-state index contributed by atoms with van der Waals surface area (Å²) in [7, 11) is 0. The first-order valence-electron chi connectivity index (χ1n) is 7.19. The van der Waals surface area contributed by atoms with Gasteiger partial charge < -0.3 is 0 Å².